The number of aliphatic imine (C=N–C) groups is 1. The quantitative estimate of drug-likeness (QED) is 0.449. The van der Waals surface area contributed by atoms with Crippen LogP contribution in [0.1, 0.15) is 37.5 Å². The highest BCUT2D eigenvalue weighted by Crippen LogP contribution is 2.09. The second-order valence-electron chi connectivity index (χ2n) is 4.79. The number of unbranched alkanes of at least 4 members (excludes halogenated alkanes) is 3. The molecule has 1 N–H and O–H groups in total. The van der Waals surface area contributed by atoms with E-state index in [9.17, 15) is 0 Å². The molecule has 108 valence electrons. The standard InChI is InChI=1S/C15H27N3S/c1-4-5-6-7-11-17-15(16-2)18(3)12-10-14-9-8-13-19-14/h8-9,13H,4-7,10-12H2,1-3H3,(H,16,17). The van der Waals surface area contributed by atoms with E-state index < -0.39 is 0 Å². The molecule has 0 fully saturated rings. The molecule has 19 heavy (non-hydrogen) atoms. The maximum atomic E-state index is 4.34. The lowest BCUT2D eigenvalue weighted by atomic mass is 10.2. The van der Waals surface area contributed by atoms with Gasteiger partial charge >= 0.3 is 0 Å². The van der Waals surface area contributed by atoms with Crippen LogP contribution in [0.3, 0.4) is 0 Å². The van der Waals surface area contributed by atoms with Gasteiger partial charge in [0.1, 0.15) is 0 Å². The molecule has 0 aromatic carbocycles. The summed E-state index contributed by atoms with van der Waals surface area (Å²) >= 11 is 1.82. The molecule has 1 aromatic heterocycles. The van der Waals surface area contributed by atoms with E-state index in [-0.39, 0.29) is 0 Å². The van der Waals surface area contributed by atoms with Gasteiger partial charge in [0.2, 0.25) is 0 Å². The van der Waals surface area contributed by atoms with Gasteiger partial charge in [0, 0.05) is 32.1 Å². The third-order valence-corrected chi connectivity index (χ3v) is 4.10. The number of rotatable bonds is 8. The van der Waals surface area contributed by atoms with E-state index in [0.29, 0.717) is 0 Å². The van der Waals surface area contributed by atoms with Crippen LogP contribution in [0.15, 0.2) is 22.5 Å². The third-order valence-electron chi connectivity index (χ3n) is 3.16. The maximum Gasteiger partial charge on any atom is 0.193 e. The molecule has 4 heteroatoms. The molecule has 0 atom stereocenters. The molecule has 0 spiro atoms. The van der Waals surface area contributed by atoms with Crippen LogP contribution in [0.25, 0.3) is 0 Å². The zero-order chi connectivity index (χ0) is 13.9. The van der Waals surface area contributed by atoms with Crippen molar-refractivity contribution >= 4 is 17.3 Å². The number of nitrogens with one attached hydrogen (secondary N) is 1. The van der Waals surface area contributed by atoms with Crippen LogP contribution in [0, 0.1) is 0 Å². The van der Waals surface area contributed by atoms with E-state index in [1.54, 1.807) is 0 Å². The summed E-state index contributed by atoms with van der Waals surface area (Å²) < 4.78 is 0. The first kappa shape index (κ1) is 16.0. The Bertz CT molecular complexity index is 346. The van der Waals surface area contributed by atoms with Crippen molar-refractivity contribution in [1.29, 1.82) is 0 Å². The molecule has 0 bridgehead atoms. The third kappa shape index (κ3) is 6.62. The SMILES string of the molecule is CCCCCCNC(=NC)N(C)CCc1cccs1. The summed E-state index contributed by atoms with van der Waals surface area (Å²) in [6.45, 7) is 4.27. The maximum absolute atomic E-state index is 4.34. The Morgan fingerprint density at radius 3 is 2.84 bits per heavy atom. The van der Waals surface area contributed by atoms with Crippen molar-refractivity contribution in [1.82, 2.24) is 10.2 Å². The summed E-state index contributed by atoms with van der Waals surface area (Å²) in [6, 6.07) is 4.31. The number of guanidine groups is 1. The first-order chi connectivity index (χ1) is 9.27. The van der Waals surface area contributed by atoms with Gasteiger partial charge in [-0.25, -0.2) is 0 Å². The minimum absolute atomic E-state index is 1.01. The summed E-state index contributed by atoms with van der Waals surface area (Å²) in [6.07, 6.45) is 6.24. The summed E-state index contributed by atoms with van der Waals surface area (Å²) in [5, 5.41) is 5.57. The van der Waals surface area contributed by atoms with E-state index in [1.165, 1.54) is 30.6 Å². The Morgan fingerprint density at radius 1 is 1.37 bits per heavy atom. The summed E-state index contributed by atoms with van der Waals surface area (Å²) in [5.41, 5.74) is 0. The Labute approximate surface area is 121 Å². The zero-order valence-corrected chi connectivity index (χ0v) is 13.3. The van der Waals surface area contributed by atoms with E-state index in [4.69, 9.17) is 0 Å². The lowest BCUT2D eigenvalue weighted by molar-refractivity contribution is 0.484. The molecule has 0 aliphatic carbocycles. The van der Waals surface area contributed by atoms with Gasteiger partial charge in [0.05, 0.1) is 0 Å². The van der Waals surface area contributed by atoms with Crippen LogP contribution in [-0.2, 0) is 6.42 Å². The second kappa shape index (κ2) is 9.84. The Kier molecular flexibility index (Phi) is 8.30. The molecule has 1 heterocycles. The Hall–Kier alpha value is -1.03. The Morgan fingerprint density at radius 2 is 2.21 bits per heavy atom. The summed E-state index contributed by atoms with van der Waals surface area (Å²) in [4.78, 5) is 7.98. The monoisotopic (exact) mass is 281 g/mol. The second-order valence-corrected chi connectivity index (χ2v) is 5.82. The predicted molar refractivity (Wildman–Crippen MR) is 86.2 cm³/mol. The molecule has 0 aliphatic rings. The van der Waals surface area contributed by atoms with Gasteiger partial charge in [-0.1, -0.05) is 32.3 Å². The molecule has 1 aromatic rings. The van der Waals surface area contributed by atoms with Gasteiger partial charge < -0.3 is 10.2 Å². The van der Waals surface area contributed by atoms with Crippen molar-refractivity contribution in [3.05, 3.63) is 22.4 Å². The highest BCUT2D eigenvalue weighted by atomic mass is 32.1. The number of likely N-dealkylation sites (N-methyl/N-ethyl adjacent to an activating group) is 1. The number of nitrogens with zero attached hydrogens (tertiary/aromatic N) is 2. The van der Waals surface area contributed by atoms with E-state index >= 15 is 0 Å². The topological polar surface area (TPSA) is 27.6 Å². The van der Waals surface area contributed by atoms with Gasteiger partial charge in [-0.2, -0.15) is 0 Å². The molecule has 0 radical (unpaired) electrons. The van der Waals surface area contributed by atoms with Gasteiger partial charge in [-0.3, -0.25) is 4.99 Å². The molecule has 3 nitrogen and oxygen atoms in total. The lowest BCUT2D eigenvalue weighted by Gasteiger charge is -2.21. The molecule has 0 amide bonds. The normalized spacial score (nSPS) is 11.6. The van der Waals surface area contributed by atoms with Gasteiger partial charge in [0.25, 0.3) is 0 Å². The van der Waals surface area contributed by atoms with Crippen LogP contribution in [0.2, 0.25) is 0 Å². The fourth-order valence-electron chi connectivity index (χ4n) is 1.98. The van der Waals surface area contributed by atoms with Crippen molar-refractivity contribution in [2.45, 2.75) is 39.0 Å². The highest BCUT2D eigenvalue weighted by molar-refractivity contribution is 7.09. The molecule has 0 saturated carbocycles. The van der Waals surface area contributed by atoms with Crippen LogP contribution in [-0.4, -0.2) is 38.0 Å². The van der Waals surface area contributed by atoms with Crippen molar-refractivity contribution in [3.63, 3.8) is 0 Å². The smallest absolute Gasteiger partial charge is 0.193 e. The molecule has 0 unspecified atom stereocenters. The van der Waals surface area contributed by atoms with Crippen LogP contribution in [0.5, 0.6) is 0 Å². The van der Waals surface area contributed by atoms with Gasteiger partial charge in [-0.05, 0) is 24.3 Å². The highest BCUT2D eigenvalue weighted by Gasteiger charge is 2.05. The average molecular weight is 281 g/mol. The largest absolute Gasteiger partial charge is 0.356 e. The Balaban J connectivity index is 2.21. The molecular weight excluding hydrogens is 254 g/mol. The van der Waals surface area contributed by atoms with Crippen molar-refractivity contribution < 1.29 is 0 Å². The van der Waals surface area contributed by atoms with Crippen molar-refractivity contribution in [3.8, 4) is 0 Å². The van der Waals surface area contributed by atoms with Gasteiger partial charge in [0.15, 0.2) is 5.96 Å². The minimum Gasteiger partial charge on any atom is -0.356 e. The van der Waals surface area contributed by atoms with Crippen LogP contribution < -0.4 is 5.32 Å². The molecular formula is C15H27N3S. The van der Waals surface area contributed by atoms with Crippen molar-refractivity contribution in [2.75, 3.05) is 27.2 Å². The molecule has 0 saturated heterocycles. The molecule has 1 rings (SSSR count). The van der Waals surface area contributed by atoms with Crippen molar-refractivity contribution in [2.24, 2.45) is 4.99 Å². The van der Waals surface area contributed by atoms with Crippen LogP contribution in [0.4, 0.5) is 0 Å². The number of hydrogen-bond acceptors (Lipinski definition) is 2. The first-order valence-corrected chi connectivity index (χ1v) is 8.10. The summed E-state index contributed by atoms with van der Waals surface area (Å²) in [7, 11) is 3.96. The number of thiophene rings is 1. The zero-order valence-electron chi connectivity index (χ0n) is 12.5. The summed E-state index contributed by atoms with van der Waals surface area (Å²) in [5.74, 6) is 1.01. The van der Waals surface area contributed by atoms with Gasteiger partial charge in [-0.15, -0.1) is 11.3 Å². The van der Waals surface area contributed by atoms with Crippen LogP contribution >= 0.6 is 11.3 Å². The van der Waals surface area contributed by atoms with E-state index in [0.717, 1.165) is 25.5 Å². The van der Waals surface area contributed by atoms with E-state index in [1.807, 2.05) is 18.4 Å². The van der Waals surface area contributed by atoms with E-state index in [2.05, 4.69) is 46.7 Å². The average Bonchev–Trinajstić information content (AvgIpc) is 2.93. The fraction of sp³-hybridized carbons (Fsp3) is 0.667. The predicted octanol–water partition coefficient (Wildman–Crippen LogP) is 3.38. The number of hydrogen-bond donors (Lipinski definition) is 1. The molecule has 0 aliphatic heterocycles. The lowest BCUT2D eigenvalue weighted by Crippen LogP contribution is -2.40. The first-order valence-electron chi connectivity index (χ1n) is 7.22. The minimum atomic E-state index is 1.01. The fourth-order valence-corrected chi connectivity index (χ4v) is 2.67.